The lowest BCUT2D eigenvalue weighted by molar-refractivity contribution is -0.134. The molecule has 4 nitrogen and oxygen atoms in total. The molecule has 0 radical (unpaired) electrons. The summed E-state index contributed by atoms with van der Waals surface area (Å²) in [5.41, 5.74) is 0. The number of carbonyl (C=O) groups is 1. The number of rotatable bonds is 6. The Balaban J connectivity index is 2.07. The monoisotopic (exact) mass is 268 g/mol. The van der Waals surface area contributed by atoms with E-state index >= 15 is 0 Å². The summed E-state index contributed by atoms with van der Waals surface area (Å²) in [5.74, 6) is 0.899. The molecule has 1 heterocycles. The van der Waals surface area contributed by atoms with Gasteiger partial charge in [-0.15, -0.1) is 0 Å². The molecule has 1 amide bonds. The maximum atomic E-state index is 12.5. The Hall–Kier alpha value is -0.610. The molecule has 0 spiro atoms. The van der Waals surface area contributed by atoms with Crippen molar-refractivity contribution in [1.82, 2.24) is 10.2 Å². The van der Waals surface area contributed by atoms with Crippen LogP contribution in [0.25, 0.3) is 0 Å². The highest BCUT2D eigenvalue weighted by atomic mass is 16.5. The molecule has 2 fully saturated rings. The molecule has 0 aromatic heterocycles. The quantitative estimate of drug-likeness (QED) is 0.802. The lowest BCUT2D eigenvalue weighted by atomic mass is 10.0. The van der Waals surface area contributed by atoms with Gasteiger partial charge in [0.05, 0.1) is 24.9 Å². The minimum absolute atomic E-state index is 0.00896. The molecule has 0 bridgehead atoms. The molecule has 1 aliphatic heterocycles. The summed E-state index contributed by atoms with van der Waals surface area (Å²) in [6.45, 7) is 7.54. The summed E-state index contributed by atoms with van der Waals surface area (Å²) in [6, 6.07) is 0.178. The zero-order valence-electron chi connectivity index (χ0n) is 12.5. The summed E-state index contributed by atoms with van der Waals surface area (Å²) in [7, 11) is 0. The molecule has 1 saturated carbocycles. The first-order valence-corrected chi connectivity index (χ1v) is 7.85. The molecule has 2 aliphatic rings. The van der Waals surface area contributed by atoms with Gasteiger partial charge in [0.25, 0.3) is 0 Å². The van der Waals surface area contributed by atoms with Crippen molar-refractivity contribution < 1.29 is 9.53 Å². The van der Waals surface area contributed by atoms with E-state index in [0.717, 1.165) is 6.42 Å². The molecule has 19 heavy (non-hydrogen) atoms. The Kier molecular flexibility index (Phi) is 5.22. The molecule has 0 aromatic rings. The molecule has 4 heteroatoms. The van der Waals surface area contributed by atoms with Gasteiger partial charge in [-0.25, -0.2) is 0 Å². The predicted octanol–water partition coefficient (Wildman–Crippen LogP) is 2.14. The second-order valence-corrected chi connectivity index (χ2v) is 5.87. The third-order valence-electron chi connectivity index (χ3n) is 4.52. The normalized spacial score (nSPS) is 30.3. The number of hydrogen-bond donors (Lipinski definition) is 1. The summed E-state index contributed by atoms with van der Waals surface area (Å²) < 4.78 is 5.51. The standard InChI is InChI=1S/C15H28N2O2/c1-4-13-15(18)17(11(3)10-19-5-2)14(16-13)12-8-6-7-9-12/h11-14,16H,4-10H2,1-3H3. The number of hydrogen-bond acceptors (Lipinski definition) is 3. The van der Waals surface area contributed by atoms with Crippen LogP contribution in [0.15, 0.2) is 0 Å². The van der Waals surface area contributed by atoms with Crippen molar-refractivity contribution in [3.05, 3.63) is 0 Å². The SMILES string of the molecule is CCOCC(C)N1C(=O)C(CC)NC1C1CCCC1. The van der Waals surface area contributed by atoms with E-state index in [9.17, 15) is 4.79 Å². The first-order valence-electron chi connectivity index (χ1n) is 7.85. The number of amides is 1. The zero-order valence-corrected chi connectivity index (χ0v) is 12.5. The van der Waals surface area contributed by atoms with E-state index in [2.05, 4.69) is 24.1 Å². The molecule has 2 rings (SSSR count). The fourth-order valence-corrected chi connectivity index (χ4v) is 3.46. The van der Waals surface area contributed by atoms with Gasteiger partial charge in [0, 0.05) is 6.61 Å². The van der Waals surface area contributed by atoms with Crippen molar-refractivity contribution in [1.29, 1.82) is 0 Å². The molecule has 110 valence electrons. The van der Waals surface area contributed by atoms with Crippen molar-refractivity contribution in [3.63, 3.8) is 0 Å². The molecule has 3 unspecified atom stereocenters. The van der Waals surface area contributed by atoms with Crippen LogP contribution >= 0.6 is 0 Å². The average molecular weight is 268 g/mol. The second kappa shape index (κ2) is 6.71. The van der Waals surface area contributed by atoms with Crippen LogP contribution in [0.1, 0.15) is 52.9 Å². The van der Waals surface area contributed by atoms with E-state index in [1.165, 1.54) is 25.7 Å². The minimum atomic E-state index is 0.00896. The maximum Gasteiger partial charge on any atom is 0.241 e. The van der Waals surface area contributed by atoms with Gasteiger partial charge in [-0.3, -0.25) is 10.1 Å². The number of carbonyl (C=O) groups excluding carboxylic acids is 1. The second-order valence-electron chi connectivity index (χ2n) is 5.87. The molecule has 3 atom stereocenters. The van der Waals surface area contributed by atoms with Crippen LogP contribution in [-0.2, 0) is 9.53 Å². The summed E-state index contributed by atoms with van der Waals surface area (Å²) in [5, 5.41) is 3.56. The van der Waals surface area contributed by atoms with Gasteiger partial charge in [-0.2, -0.15) is 0 Å². The van der Waals surface area contributed by atoms with Crippen LogP contribution in [0, 0.1) is 5.92 Å². The van der Waals surface area contributed by atoms with Crippen molar-refractivity contribution in [2.24, 2.45) is 5.92 Å². The highest BCUT2D eigenvalue weighted by Gasteiger charge is 2.44. The number of nitrogens with zero attached hydrogens (tertiary/aromatic N) is 1. The van der Waals surface area contributed by atoms with Crippen molar-refractivity contribution in [2.75, 3.05) is 13.2 Å². The lowest BCUT2D eigenvalue weighted by Gasteiger charge is -2.33. The summed E-state index contributed by atoms with van der Waals surface area (Å²) >= 11 is 0. The van der Waals surface area contributed by atoms with Crippen molar-refractivity contribution in [2.45, 2.75) is 71.1 Å². The van der Waals surface area contributed by atoms with E-state index in [1.807, 2.05) is 6.92 Å². The van der Waals surface area contributed by atoms with Gasteiger partial charge in [0.2, 0.25) is 5.91 Å². The highest BCUT2D eigenvalue weighted by Crippen LogP contribution is 2.33. The summed E-state index contributed by atoms with van der Waals surface area (Å²) in [6.07, 6.45) is 6.22. The smallest absolute Gasteiger partial charge is 0.241 e. The van der Waals surface area contributed by atoms with Gasteiger partial charge in [0.15, 0.2) is 0 Å². The number of nitrogens with one attached hydrogen (secondary N) is 1. The largest absolute Gasteiger partial charge is 0.380 e. The zero-order chi connectivity index (χ0) is 13.8. The Morgan fingerprint density at radius 3 is 2.63 bits per heavy atom. The third kappa shape index (κ3) is 3.11. The van der Waals surface area contributed by atoms with Gasteiger partial charge in [-0.05, 0) is 39.0 Å². The minimum Gasteiger partial charge on any atom is -0.380 e. The van der Waals surface area contributed by atoms with Gasteiger partial charge >= 0.3 is 0 Å². The molecular weight excluding hydrogens is 240 g/mol. The maximum absolute atomic E-state index is 12.5. The summed E-state index contributed by atoms with van der Waals surface area (Å²) in [4.78, 5) is 14.6. The van der Waals surface area contributed by atoms with Crippen molar-refractivity contribution in [3.8, 4) is 0 Å². The van der Waals surface area contributed by atoms with Crippen LogP contribution < -0.4 is 5.32 Å². The Bertz CT molecular complexity index is 303. The van der Waals surface area contributed by atoms with E-state index in [1.54, 1.807) is 0 Å². The average Bonchev–Trinajstić information content (AvgIpc) is 3.03. The van der Waals surface area contributed by atoms with Gasteiger partial charge in [0.1, 0.15) is 0 Å². The fraction of sp³-hybridized carbons (Fsp3) is 0.933. The van der Waals surface area contributed by atoms with E-state index in [0.29, 0.717) is 19.1 Å². The first kappa shape index (κ1) is 14.8. The topological polar surface area (TPSA) is 41.6 Å². The van der Waals surface area contributed by atoms with Crippen LogP contribution in [0.4, 0.5) is 0 Å². The Morgan fingerprint density at radius 1 is 1.37 bits per heavy atom. The molecular formula is C15H28N2O2. The molecule has 1 aliphatic carbocycles. The predicted molar refractivity (Wildman–Crippen MR) is 75.8 cm³/mol. The van der Waals surface area contributed by atoms with Crippen LogP contribution in [0.2, 0.25) is 0 Å². The van der Waals surface area contributed by atoms with E-state index < -0.39 is 0 Å². The molecule has 1 saturated heterocycles. The Labute approximate surface area is 116 Å². The van der Waals surface area contributed by atoms with Gasteiger partial charge < -0.3 is 9.64 Å². The Morgan fingerprint density at radius 2 is 2.05 bits per heavy atom. The van der Waals surface area contributed by atoms with Crippen molar-refractivity contribution >= 4 is 5.91 Å². The molecule has 1 N–H and O–H groups in total. The van der Waals surface area contributed by atoms with Gasteiger partial charge in [-0.1, -0.05) is 19.8 Å². The third-order valence-corrected chi connectivity index (χ3v) is 4.52. The van der Waals surface area contributed by atoms with E-state index in [-0.39, 0.29) is 24.2 Å². The van der Waals surface area contributed by atoms with E-state index in [4.69, 9.17) is 4.74 Å². The number of ether oxygens (including phenoxy) is 1. The van der Waals surface area contributed by atoms with Crippen LogP contribution in [-0.4, -0.2) is 42.3 Å². The van der Waals surface area contributed by atoms with Crippen LogP contribution in [0.5, 0.6) is 0 Å². The lowest BCUT2D eigenvalue weighted by Crippen LogP contribution is -2.48. The fourth-order valence-electron chi connectivity index (χ4n) is 3.46. The molecule has 0 aromatic carbocycles. The highest BCUT2D eigenvalue weighted by molar-refractivity contribution is 5.84. The first-order chi connectivity index (χ1) is 9.19. The van der Waals surface area contributed by atoms with Crippen LogP contribution in [0.3, 0.4) is 0 Å².